The van der Waals surface area contributed by atoms with E-state index < -0.39 is 11.5 Å². The molecule has 0 bridgehead atoms. The molecular formula is C19H25N3O2. The number of carbonyl (C=O) groups excluding carboxylic acids is 1. The Hall–Kier alpha value is -2.43. The summed E-state index contributed by atoms with van der Waals surface area (Å²) in [6.07, 6.45) is 0. The Morgan fingerprint density at radius 3 is 2.21 bits per heavy atom. The predicted molar refractivity (Wildman–Crippen MR) is 96.8 cm³/mol. The van der Waals surface area contributed by atoms with Crippen molar-refractivity contribution in [3.63, 3.8) is 0 Å². The zero-order valence-electron chi connectivity index (χ0n) is 15.2. The number of rotatable bonds is 3. The molecular weight excluding hydrogens is 302 g/mol. The minimum absolute atomic E-state index is 0.0518. The van der Waals surface area contributed by atoms with Crippen LogP contribution in [0, 0.1) is 6.92 Å². The highest BCUT2D eigenvalue weighted by Crippen LogP contribution is 2.19. The van der Waals surface area contributed by atoms with Crippen LogP contribution in [0.15, 0.2) is 29.1 Å². The van der Waals surface area contributed by atoms with Crippen LogP contribution in [0.25, 0.3) is 0 Å². The van der Waals surface area contributed by atoms with Gasteiger partial charge in [-0.05, 0) is 30.5 Å². The number of aryl methyl sites for hydroxylation is 1. The van der Waals surface area contributed by atoms with Crippen LogP contribution in [0.5, 0.6) is 0 Å². The monoisotopic (exact) mass is 327 g/mol. The summed E-state index contributed by atoms with van der Waals surface area (Å²) in [5, 5.41) is 2.77. The lowest BCUT2D eigenvalue weighted by molar-refractivity contribution is 0.102. The van der Waals surface area contributed by atoms with Gasteiger partial charge in [0.2, 0.25) is 0 Å². The molecule has 0 atom stereocenters. The topological polar surface area (TPSA) is 74.8 Å². The van der Waals surface area contributed by atoms with Crippen molar-refractivity contribution in [3.8, 4) is 0 Å². The van der Waals surface area contributed by atoms with Gasteiger partial charge in [0, 0.05) is 11.1 Å². The fourth-order valence-corrected chi connectivity index (χ4v) is 2.35. The molecule has 24 heavy (non-hydrogen) atoms. The van der Waals surface area contributed by atoms with Crippen molar-refractivity contribution in [1.82, 2.24) is 9.97 Å². The number of anilines is 1. The van der Waals surface area contributed by atoms with Gasteiger partial charge in [0.05, 0.1) is 5.69 Å². The first kappa shape index (κ1) is 17.9. The Balaban J connectivity index is 2.28. The first-order valence-corrected chi connectivity index (χ1v) is 8.12. The number of nitrogens with one attached hydrogen (secondary N) is 2. The van der Waals surface area contributed by atoms with E-state index in [0.717, 1.165) is 0 Å². The van der Waals surface area contributed by atoms with Crippen LogP contribution in [0.4, 0.5) is 5.69 Å². The summed E-state index contributed by atoms with van der Waals surface area (Å²) < 4.78 is 0. The maximum Gasteiger partial charge on any atom is 0.264 e. The van der Waals surface area contributed by atoms with Crippen molar-refractivity contribution in [3.05, 3.63) is 57.3 Å². The molecule has 0 saturated carbocycles. The van der Waals surface area contributed by atoms with Crippen LogP contribution in [0.1, 0.15) is 68.0 Å². The number of benzene rings is 1. The molecule has 1 aromatic heterocycles. The number of H-pyrrole nitrogens is 1. The summed E-state index contributed by atoms with van der Waals surface area (Å²) in [4.78, 5) is 31.9. The quantitative estimate of drug-likeness (QED) is 0.901. The number of nitrogens with zero attached hydrogens (tertiary/aromatic N) is 1. The van der Waals surface area contributed by atoms with E-state index in [-0.39, 0.29) is 11.0 Å². The molecule has 1 amide bonds. The Labute approximate surface area is 142 Å². The highest BCUT2D eigenvalue weighted by atomic mass is 16.2. The summed E-state index contributed by atoms with van der Waals surface area (Å²) >= 11 is 0. The summed E-state index contributed by atoms with van der Waals surface area (Å²) in [5.41, 5.74) is 1.63. The zero-order valence-corrected chi connectivity index (χ0v) is 15.2. The van der Waals surface area contributed by atoms with E-state index in [1.807, 2.05) is 45.0 Å². The molecule has 1 aromatic carbocycles. The van der Waals surface area contributed by atoms with Crippen LogP contribution >= 0.6 is 0 Å². The van der Waals surface area contributed by atoms with Gasteiger partial charge in [0.1, 0.15) is 11.4 Å². The van der Waals surface area contributed by atoms with Gasteiger partial charge in [-0.2, -0.15) is 0 Å². The van der Waals surface area contributed by atoms with E-state index in [1.54, 1.807) is 6.92 Å². The molecule has 2 rings (SSSR count). The third-order valence-corrected chi connectivity index (χ3v) is 3.87. The molecule has 1 heterocycles. The van der Waals surface area contributed by atoms with Gasteiger partial charge < -0.3 is 10.3 Å². The molecule has 0 saturated heterocycles. The van der Waals surface area contributed by atoms with Gasteiger partial charge in [-0.1, -0.05) is 46.8 Å². The Bertz CT molecular complexity index is 797. The lowest BCUT2D eigenvalue weighted by Crippen LogP contribution is -2.30. The largest absolute Gasteiger partial charge is 0.322 e. The lowest BCUT2D eigenvalue weighted by atomic mass is 9.95. The first-order valence-electron chi connectivity index (χ1n) is 8.12. The standard InChI is InChI=1S/C19H25N3O2/c1-11(2)13-7-9-14(10-8-13)21-16(23)15-12(3)20-18(19(4,5)6)22-17(15)24/h7-11H,1-6H3,(H,21,23)(H,20,22,24). The molecule has 128 valence electrons. The second-order valence-corrected chi connectivity index (χ2v) is 7.36. The number of amides is 1. The normalized spacial score (nSPS) is 11.6. The molecule has 2 N–H and O–H groups in total. The molecule has 0 fully saturated rings. The second kappa shape index (κ2) is 6.59. The van der Waals surface area contributed by atoms with E-state index in [0.29, 0.717) is 23.1 Å². The average molecular weight is 327 g/mol. The van der Waals surface area contributed by atoms with Crippen molar-refractivity contribution in [2.24, 2.45) is 0 Å². The SMILES string of the molecule is Cc1nc(C(C)(C)C)[nH]c(=O)c1C(=O)Nc1ccc(C(C)C)cc1. The third-order valence-electron chi connectivity index (χ3n) is 3.87. The van der Waals surface area contributed by atoms with Crippen molar-refractivity contribution < 1.29 is 4.79 Å². The number of aromatic nitrogens is 2. The Morgan fingerprint density at radius 1 is 1.17 bits per heavy atom. The number of aromatic amines is 1. The number of hydrogen-bond donors (Lipinski definition) is 2. The predicted octanol–water partition coefficient (Wildman–Crippen LogP) is 3.75. The van der Waals surface area contributed by atoms with Crippen LogP contribution in [-0.4, -0.2) is 15.9 Å². The molecule has 0 unspecified atom stereocenters. The Morgan fingerprint density at radius 2 is 1.75 bits per heavy atom. The van der Waals surface area contributed by atoms with Crippen LogP contribution in [0.3, 0.4) is 0 Å². The molecule has 0 aliphatic rings. The van der Waals surface area contributed by atoms with Gasteiger partial charge in [0.25, 0.3) is 11.5 Å². The van der Waals surface area contributed by atoms with Crippen LogP contribution in [-0.2, 0) is 5.41 Å². The fraction of sp³-hybridized carbons (Fsp3) is 0.421. The summed E-state index contributed by atoms with van der Waals surface area (Å²) in [5.74, 6) is 0.552. The maximum atomic E-state index is 12.5. The zero-order chi connectivity index (χ0) is 18.1. The summed E-state index contributed by atoms with van der Waals surface area (Å²) in [6.45, 7) is 11.8. The highest BCUT2D eigenvalue weighted by Gasteiger charge is 2.22. The van der Waals surface area contributed by atoms with Gasteiger partial charge >= 0.3 is 0 Å². The summed E-state index contributed by atoms with van der Waals surface area (Å²) in [7, 11) is 0. The van der Waals surface area contributed by atoms with Crippen molar-refractivity contribution >= 4 is 11.6 Å². The van der Waals surface area contributed by atoms with Crippen LogP contribution in [0.2, 0.25) is 0 Å². The number of hydrogen-bond acceptors (Lipinski definition) is 3. The van der Waals surface area contributed by atoms with Gasteiger partial charge in [-0.25, -0.2) is 4.98 Å². The second-order valence-electron chi connectivity index (χ2n) is 7.36. The van der Waals surface area contributed by atoms with E-state index in [1.165, 1.54) is 5.56 Å². The highest BCUT2D eigenvalue weighted by molar-refractivity contribution is 6.04. The van der Waals surface area contributed by atoms with Gasteiger partial charge in [-0.15, -0.1) is 0 Å². The third kappa shape index (κ3) is 3.91. The van der Waals surface area contributed by atoms with E-state index >= 15 is 0 Å². The molecule has 0 aliphatic carbocycles. The number of carbonyl (C=O) groups is 1. The fourth-order valence-electron chi connectivity index (χ4n) is 2.35. The van der Waals surface area contributed by atoms with E-state index in [2.05, 4.69) is 29.1 Å². The van der Waals surface area contributed by atoms with Crippen molar-refractivity contribution in [2.75, 3.05) is 5.32 Å². The first-order chi connectivity index (χ1) is 11.1. The smallest absolute Gasteiger partial charge is 0.264 e. The maximum absolute atomic E-state index is 12.5. The molecule has 5 heteroatoms. The molecule has 0 aliphatic heterocycles. The van der Waals surface area contributed by atoms with Gasteiger partial charge in [-0.3, -0.25) is 9.59 Å². The molecule has 5 nitrogen and oxygen atoms in total. The van der Waals surface area contributed by atoms with Gasteiger partial charge in [0.15, 0.2) is 0 Å². The molecule has 0 radical (unpaired) electrons. The van der Waals surface area contributed by atoms with Crippen LogP contribution < -0.4 is 10.9 Å². The minimum atomic E-state index is -0.445. The van der Waals surface area contributed by atoms with E-state index in [9.17, 15) is 9.59 Å². The van der Waals surface area contributed by atoms with E-state index in [4.69, 9.17) is 0 Å². The van der Waals surface area contributed by atoms with Crippen molar-refractivity contribution in [1.29, 1.82) is 0 Å². The Kier molecular flexibility index (Phi) is 4.92. The average Bonchev–Trinajstić information content (AvgIpc) is 2.46. The lowest BCUT2D eigenvalue weighted by Gasteiger charge is -2.18. The van der Waals surface area contributed by atoms with Crippen molar-refractivity contribution in [2.45, 2.75) is 52.9 Å². The molecule has 2 aromatic rings. The minimum Gasteiger partial charge on any atom is -0.322 e. The summed E-state index contributed by atoms with van der Waals surface area (Å²) in [6, 6.07) is 7.62. The molecule has 0 spiro atoms.